The standard InChI is InChI=1S/C7H4BrClN2O2S/c8-2-1-3(14-5(2)9)4-6(12)11-7(10)13-4/h1,4H,(H2,10,11,12). The summed E-state index contributed by atoms with van der Waals surface area (Å²) >= 11 is 10.3. The van der Waals surface area contributed by atoms with Crippen molar-refractivity contribution in [3.63, 3.8) is 0 Å². The summed E-state index contributed by atoms with van der Waals surface area (Å²) in [7, 11) is 0. The predicted molar refractivity (Wildman–Crippen MR) is 57.5 cm³/mol. The van der Waals surface area contributed by atoms with Gasteiger partial charge in [-0.3, -0.25) is 4.79 Å². The lowest BCUT2D eigenvalue weighted by atomic mass is 10.3. The molecule has 0 spiro atoms. The van der Waals surface area contributed by atoms with Crippen molar-refractivity contribution in [2.75, 3.05) is 0 Å². The Balaban J connectivity index is 2.30. The molecule has 1 aromatic rings. The SMILES string of the molecule is NC1=NC(=O)C(c2cc(Br)c(Cl)s2)O1. The molecule has 1 aliphatic rings. The number of nitrogens with two attached hydrogens (primary N) is 1. The molecule has 1 atom stereocenters. The Kier molecular flexibility index (Phi) is 2.50. The van der Waals surface area contributed by atoms with Crippen LogP contribution in [-0.4, -0.2) is 11.9 Å². The van der Waals surface area contributed by atoms with E-state index < -0.39 is 12.0 Å². The number of nitrogens with zero attached hydrogens (tertiary/aromatic N) is 1. The van der Waals surface area contributed by atoms with Crippen LogP contribution in [-0.2, 0) is 9.53 Å². The fourth-order valence-electron chi connectivity index (χ4n) is 1.04. The number of amidine groups is 1. The van der Waals surface area contributed by atoms with Crippen LogP contribution in [0.1, 0.15) is 11.0 Å². The van der Waals surface area contributed by atoms with E-state index in [4.69, 9.17) is 22.1 Å². The zero-order valence-corrected chi connectivity index (χ0v) is 9.82. The molecule has 0 radical (unpaired) electrons. The Hall–Kier alpha value is -0.590. The summed E-state index contributed by atoms with van der Waals surface area (Å²) in [5.74, 6) is -0.395. The summed E-state index contributed by atoms with van der Waals surface area (Å²) in [6, 6.07) is 1.63. The summed E-state index contributed by atoms with van der Waals surface area (Å²) in [6.07, 6.45) is -0.733. The maximum atomic E-state index is 11.3. The first-order valence-corrected chi connectivity index (χ1v) is 5.56. The number of hydrogen-bond donors (Lipinski definition) is 1. The van der Waals surface area contributed by atoms with Crippen molar-refractivity contribution < 1.29 is 9.53 Å². The van der Waals surface area contributed by atoms with Crippen molar-refractivity contribution >= 4 is 50.8 Å². The third kappa shape index (κ3) is 1.65. The van der Waals surface area contributed by atoms with Gasteiger partial charge in [0.05, 0.1) is 4.88 Å². The molecule has 0 saturated heterocycles. The molecule has 2 heterocycles. The minimum atomic E-state index is -0.733. The molecule has 4 nitrogen and oxygen atoms in total. The first-order chi connectivity index (χ1) is 6.58. The van der Waals surface area contributed by atoms with Crippen molar-refractivity contribution in [3.05, 3.63) is 19.8 Å². The summed E-state index contributed by atoms with van der Waals surface area (Å²) < 4.78 is 6.35. The second kappa shape index (κ2) is 3.52. The molecule has 0 fully saturated rings. The average molecular weight is 296 g/mol. The molecule has 0 bridgehead atoms. The highest BCUT2D eigenvalue weighted by molar-refractivity contribution is 9.10. The van der Waals surface area contributed by atoms with Gasteiger partial charge in [0, 0.05) is 4.47 Å². The number of halogens is 2. The van der Waals surface area contributed by atoms with Crippen molar-refractivity contribution in [1.82, 2.24) is 0 Å². The van der Waals surface area contributed by atoms with Crippen LogP contribution in [0.4, 0.5) is 0 Å². The van der Waals surface area contributed by atoms with Gasteiger partial charge in [-0.25, -0.2) is 0 Å². The van der Waals surface area contributed by atoms with E-state index in [-0.39, 0.29) is 6.02 Å². The fraction of sp³-hybridized carbons (Fsp3) is 0.143. The highest BCUT2D eigenvalue weighted by Gasteiger charge is 2.31. The van der Waals surface area contributed by atoms with Crippen molar-refractivity contribution in [3.8, 4) is 0 Å². The number of rotatable bonds is 1. The van der Waals surface area contributed by atoms with Crippen LogP contribution in [0.5, 0.6) is 0 Å². The fourth-order valence-corrected chi connectivity index (χ4v) is 2.80. The zero-order valence-electron chi connectivity index (χ0n) is 6.66. The number of amides is 1. The van der Waals surface area contributed by atoms with Gasteiger partial charge in [-0.05, 0) is 22.0 Å². The predicted octanol–water partition coefficient (Wildman–Crippen LogP) is 2.08. The Morgan fingerprint density at radius 1 is 1.71 bits per heavy atom. The molecule has 0 aliphatic carbocycles. The second-order valence-electron chi connectivity index (χ2n) is 2.56. The molecule has 1 aliphatic heterocycles. The smallest absolute Gasteiger partial charge is 0.296 e. The largest absolute Gasteiger partial charge is 0.446 e. The normalized spacial score (nSPS) is 20.9. The van der Waals surface area contributed by atoms with Gasteiger partial charge in [0.2, 0.25) is 6.10 Å². The summed E-state index contributed by atoms with van der Waals surface area (Å²) in [6.45, 7) is 0. The van der Waals surface area contributed by atoms with Crippen LogP contribution in [0.15, 0.2) is 15.5 Å². The third-order valence-corrected chi connectivity index (χ3v) is 4.12. The highest BCUT2D eigenvalue weighted by Crippen LogP contribution is 2.37. The van der Waals surface area contributed by atoms with E-state index in [0.717, 1.165) is 4.47 Å². The number of carbonyl (C=O) groups excluding carboxylic acids is 1. The van der Waals surface area contributed by atoms with Crippen LogP contribution in [0.2, 0.25) is 4.34 Å². The van der Waals surface area contributed by atoms with Crippen LogP contribution in [0, 0.1) is 0 Å². The number of hydrogen-bond acceptors (Lipinski definition) is 4. The molecule has 14 heavy (non-hydrogen) atoms. The molecule has 1 aromatic heterocycles. The van der Waals surface area contributed by atoms with E-state index in [1.54, 1.807) is 6.07 Å². The quantitative estimate of drug-likeness (QED) is 0.862. The van der Waals surface area contributed by atoms with Crippen LogP contribution in [0.25, 0.3) is 0 Å². The Labute approximate surface area is 96.8 Å². The monoisotopic (exact) mass is 294 g/mol. The Morgan fingerprint density at radius 2 is 2.43 bits per heavy atom. The second-order valence-corrected chi connectivity index (χ2v) is 5.10. The van der Waals surface area contributed by atoms with E-state index in [9.17, 15) is 4.79 Å². The van der Waals surface area contributed by atoms with Crippen LogP contribution in [0.3, 0.4) is 0 Å². The molecule has 1 unspecified atom stereocenters. The zero-order chi connectivity index (χ0) is 10.3. The molecule has 2 rings (SSSR count). The molecule has 2 N–H and O–H groups in total. The topological polar surface area (TPSA) is 64.7 Å². The maximum absolute atomic E-state index is 11.3. The Bertz CT molecular complexity index is 412. The van der Waals surface area contributed by atoms with E-state index in [1.807, 2.05) is 0 Å². The van der Waals surface area contributed by atoms with Crippen molar-refractivity contribution in [2.45, 2.75) is 6.10 Å². The van der Waals surface area contributed by atoms with Gasteiger partial charge in [-0.15, -0.1) is 11.3 Å². The molecule has 1 amide bonds. The van der Waals surface area contributed by atoms with Crippen molar-refractivity contribution in [2.24, 2.45) is 10.7 Å². The maximum Gasteiger partial charge on any atom is 0.296 e. The van der Waals surface area contributed by atoms with Gasteiger partial charge in [-0.2, -0.15) is 4.99 Å². The molecule has 7 heteroatoms. The number of ether oxygens (including phenoxy) is 1. The van der Waals surface area contributed by atoms with E-state index >= 15 is 0 Å². The lowest BCUT2D eigenvalue weighted by Gasteiger charge is -2.03. The third-order valence-electron chi connectivity index (χ3n) is 1.61. The minimum absolute atomic E-state index is 0.0966. The van der Waals surface area contributed by atoms with Crippen LogP contribution < -0.4 is 5.73 Å². The number of aliphatic imine (C=N–C) groups is 1. The average Bonchev–Trinajstić information content (AvgIpc) is 2.57. The van der Waals surface area contributed by atoms with Gasteiger partial charge in [0.1, 0.15) is 4.34 Å². The summed E-state index contributed by atoms with van der Waals surface area (Å²) in [5, 5.41) is 0. The van der Waals surface area contributed by atoms with E-state index in [1.165, 1.54) is 11.3 Å². The van der Waals surface area contributed by atoms with Gasteiger partial charge < -0.3 is 10.5 Å². The van der Waals surface area contributed by atoms with E-state index in [0.29, 0.717) is 9.21 Å². The molecular weight excluding hydrogens is 292 g/mol. The summed E-state index contributed by atoms with van der Waals surface area (Å²) in [5.41, 5.74) is 5.26. The Morgan fingerprint density at radius 3 is 2.86 bits per heavy atom. The highest BCUT2D eigenvalue weighted by atomic mass is 79.9. The van der Waals surface area contributed by atoms with Gasteiger partial charge >= 0.3 is 0 Å². The molecule has 0 saturated carbocycles. The molecule has 74 valence electrons. The van der Waals surface area contributed by atoms with Gasteiger partial charge in [0.25, 0.3) is 11.9 Å². The number of carbonyl (C=O) groups is 1. The lowest BCUT2D eigenvalue weighted by molar-refractivity contribution is -0.122. The van der Waals surface area contributed by atoms with Gasteiger partial charge in [-0.1, -0.05) is 11.6 Å². The summed E-state index contributed by atoms with van der Waals surface area (Å²) in [4.78, 5) is 15.4. The van der Waals surface area contributed by atoms with Crippen LogP contribution >= 0.6 is 38.9 Å². The van der Waals surface area contributed by atoms with E-state index in [2.05, 4.69) is 20.9 Å². The minimum Gasteiger partial charge on any atom is -0.446 e. The van der Waals surface area contributed by atoms with Gasteiger partial charge in [0.15, 0.2) is 0 Å². The molecule has 0 aromatic carbocycles. The molecular formula is C7H4BrClN2O2S. The van der Waals surface area contributed by atoms with Crippen molar-refractivity contribution in [1.29, 1.82) is 0 Å². The number of thiophene rings is 1. The first-order valence-electron chi connectivity index (χ1n) is 3.57. The lowest BCUT2D eigenvalue weighted by Crippen LogP contribution is -2.13. The first kappa shape index (κ1) is 9.95.